The van der Waals surface area contributed by atoms with E-state index in [1.54, 1.807) is 27.2 Å². The Morgan fingerprint density at radius 1 is 0.960 bits per heavy atom. The van der Waals surface area contributed by atoms with Gasteiger partial charge in [0.25, 0.3) is 0 Å². The molecule has 0 aromatic heterocycles. The number of ether oxygens (including phenoxy) is 3. The third-order valence-electron chi connectivity index (χ3n) is 3.54. The molecule has 0 fully saturated rings. The highest BCUT2D eigenvalue weighted by atomic mass is 16.5. The molecule has 0 spiro atoms. The van der Waals surface area contributed by atoms with Crippen molar-refractivity contribution in [2.75, 3.05) is 20.8 Å². The molecule has 0 aliphatic rings. The van der Waals surface area contributed by atoms with E-state index in [4.69, 9.17) is 14.2 Å². The predicted octanol–water partition coefficient (Wildman–Crippen LogP) is 4.25. The van der Waals surface area contributed by atoms with Crippen LogP contribution >= 0.6 is 0 Å². The lowest BCUT2D eigenvalue weighted by Gasteiger charge is -2.11. The van der Waals surface area contributed by atoms with Gasteiger partial charge in [0, 0.05) is 6.08 Å². The van der Waals surface area contributed by atoms with E-state index in [1.165, 1.54) is 6.08 Å². The summed E-state index contributed by atoms with van der Waals surface area (Å²) < 4.78 is 15.5. The van der Waals surface area contributed by atoms with E-state index >= 15 is 0 Å². The maximum absolute atomic E-state index is 11.5. The average molecular weight is 338 g/mol. The molecule has 0 radical (unpaired) electrons. The molecular weight excluding hydrogens is 316 g/mol. The Morgan fingerprint density at radius 2 is 1.52 bits per heavy atom. The summed E-state index contributed by atoms with van der Waals surface area (Å²) in [5.74, 6) is 1.16. The molecule has 0 saturated heterocycles. The van der Waals surface area contributed by atoms with Crippen LogP contribution in [-0.4, -0.2) is 26.8 Å². The molecule has 0 amide bonds. The smallest absolute Gasteiger partial charge is 0.330 e. The van der Waals surface area contributed by atoms with E-state index in [9.17, 15) is 4.79 Å². The number of carbonyl (C=O) groups excluding carboxylic acids is 1. The van der Waals surface area contributed by atoms with E-state index in [-0.39, 0.29) is 5.97 Å². The Balaban J connectivity index is 2.45. The minimum absolute atomic E-state index is 0.353. The molecule has 2 aromatic carbocycles. The van der Waals surface area contributed by atoms with Crippen molar-refractivity contribution in [2.45, 2.75) is 6.92 Å². The fourth-order valence-electron chi connectivity index (χ4n) is 2.35. The zero-order valence-electron chi connectivity index (χ0n) is 14.7. The lowest BCUT2D eigenvalue weighted by atomic mass is 9.97. The van der Waals surface area contributed by atoms with E-state index in [0.29, 0.717) is 6.61 Å². The first-order valence-corrected chi connectivity index (χ1v) is 8.02. The van der Waals surface area contributed by atoms with Crippen LogP contribution in [0.4, 0.5) is 0 Å². The summed E-state index contributed by atoms with van der Waals surface area (Å²) in [4.78, 5) is 11.5. The van der Waals surface area contributed by atoms with Crippen molar-refractivity contribution in [3.63, 3.8) is 0 Å². The van der Waals surface area contributed by atoms with Gasteiger partial charge in [0.2, 0.25) is 0 Å². The van der Waals surface area contributed by atoms with Crippen molar-refractivity contribution >= 4 is 11.5 Å². The molecule has 130 valence electrons. The van der Waals surface area contributed by atoms with Gasteiger partial charge in [-0.05, 0) is 47.9 Å². The minimum atomic E-state index is -0.366. The molecule has 0 unspecified atom stereocenters. The second-order valence-electron chi connectivity index (χ2n) is 5.16. The zero-order chi connectivity index (χ0) is 18.1. The highest BCUT2D eigenvalue weighted by Gasteiger charge is 2.07. The van der Waals surface area contributed by atoms with Crippen LogP contribution in [-0.2, 0) is 9.53 Å². The molecule has 4 heteroatoms. The fraction of sp³-hybridized carbons (Fsp3) is 0.190. The molecule has 0 aliphatic heterocycles. The summed E-state index contributed by atoms with van der Waals surface area (Å²) in [7, 11) is 3.27. The minimum Gasteiger partial charge on any atom is -0.497 e. The summed E-state index contributed by atoms with van der Waals surface area (Å²) >= 11 is 0. The van der Waals surface area contributed by atoms with Crippen LogP contribution in [0, 0.1) is 0 Å². The Kier molecular flexibility index (Phi) is 6.84. The third kappa shape index (κ3) is 5.24. The topological polar surface area (TPSA) is 44.8 Å². The molecule has 0 heterocycles. The summed E-state index contributed by atoms with van der Waals surface area (Å²) in [5.41, 5.74) is 2.89. The Labute approximate surface area is 148 Å². The number of esters is 1. The number of benzene rings is 2. The van der Waals surface area contributed by atoms with E-state index in [2.05, 4.69) is 0 Å². The molecule has 0 N–H and O–H groups in total. The molecule has 0 saturated carbocycles. The maximum atomic E-state index is 11.5. The van der Waals surface area contributed by atoms with Gasteiger partial charge in [-0.1, -0.05) is 36.4 Å². The van der Waals surface area contributed by atoms with E-state index < -0.39 is 0 Å². The number of hydrogen-bond acceptors (Lipinski definition) is 4. The van der Waals surface area contributed by atoms with E-state index in [1.807, 2.05) is 54.6 Å². The average Bonchev–Trinajstić information content (AvgIpc) is 2.65. The Hall–Kier alpha value is -3.01. The lowest BCUT2D eigenvalue weighted by Crippen LogP contribution is -1.98. The molecular formula is C21H22O4. The van der Waals surface area contributed by atoms with Crippen LogP contribution in [0.25, 0.3) is 5.57 Å². The van der Waals surface area contributed by atoms with Gasteiger partial charge in [-0.3, -0.25) is 0 Å². The molecule has 2 rings (SSSR count). The SMILES string of the molecule is CCOC(=O)C=CC=C(c1cccc(OC)c1)c1cccc(OC)c1. The Morgan fingerprint density at radius 3 is 2.00 bits per heavy atom. The highest BCUT2D eigenvalue weighted by Crippen LogP contribution is 2.28. The number of allylic oxidation sites excluding steroid dienone is 2. The van der Waals surface area contributed by atoms with Gasteiger partial charge in [-0.2, -0.15) is 0 Å². The molecule has 0 atom stereocenters. The molecule has 2 aromatic rings. The maximum Gasteiger partial charge on any atom is 0.330 e. The lowest BCUT2D eigenvalue weighted by molar-refractivity contribution is -0.137. The van der Waals surface area contributed by atoms with Crippen molar-refractivity contribution in [2.24, 2.45) is 0 Å². The van der Waals surface area contributed by atoms with Crippen LogP contribution < -0.4 is 9.47 Å². The summed E-state index contributed by atoms with van der Waals surface area (Å²) in [5, 5.41) is 0. The first-order chi connectivity index (χ1) is 12.2. The van der Waals surface area contributed by atoms with Crippen LogP contribution in [0.3, 0.4) is 0 Å². The fourth-order valence-corrected chi connectivity index (χ4v) is 2.35. The van der Waals surface area contributed by atoms with Gasteiger partial charge < -0.3 is 14.2 Å². The van der Waals surface area contributed by atoms with Crippen molar-refractivity contribution in [1.29, 1.82) is 0 Å². The first kappa shape index (κ1) is 18.3. The van der Waals surface area contributed by atoms with Crippen molar-refractivity contribution in [3.8, 4) is 11.5 Å². The van der Waals surface area contributed by atoms with Crippen LogP contribution in [0.1, 0.15) is 18.1 Å². The molecule has 25 heavy (non-hydrogen) atoms. The van der Waals surface area contributed by atoms with Gasteiger partial charge >= 0.3 is 5.97 Å². The van der Waals surface area contributed by atoms with Crippen molar-refractivity contribution < 1.29 is 19.0 Å². The first-order valence-electron chi connectivity index (χ1n) is 8.02. The van der Waals surface area contributed by atoms with Gasteiger partial charge in [-0.15, -0.1) is 0 Å². The number of methoxy groups -OCH3 is 2. The van der Waals surface area contributed by atoms with Gasteiger partial charge in [0.15, 0.2) is 0 Å². The van der Waals surface area contributed by atoms with E-state index in [0.717, 1.165) is 28.2 Å². The van der Waals surface area contributed by atoms with Crippen LogP contribution in [0.2, 0.25) is 0 Å². The second-order valence-corrected chi connectivity index (χ2v) is 5.16. The Bertz CT molecular complexity index is 725. The standard InChI is InChI=1S/C21H22O4/c1-4-25-21(22)13-7-12-20(16-8-5-10-18(14-16)23-2)17-9-6-11-19(15-17)24-3/h5-15H,4H2,1-3H3. The monoisotopic (exact) mass is 338 g/mol. The zero-order valence-corrected chi connectivity index (χ0v) is 14.7. The van der Waals surface area contributed by atoms with Crippen LogP contribution in [0.5, 0.6) is 11.5 Å². The quantitative estimate of drug-likeness (QED) is 0.430. The second kappa shape index (κ2) is 9.33. The highest BCUT2D eigenvalue weighted by molar-refractivity contribution is 5.85. The predicted molar refractivity (Wildman–Crippen MR) is 98.8 cm³/mol. The molecule has 0 bridgehead atoms. The van der Waals surface area contributed by atoms with Crippen LogP contribution in [0.15, 0.2) is 66.8 Å². The van der Waals surface area contributed by atoms with Crippen molar-refractivity contribution in [3.05, 3.63) is 77.9 Å². The number of rotatable bonds is 7. The summed E-state index contributed by atoms with van der Waals surface area (Å²) in [6.45, 7) is 2.13. The van der Waals surface area contributed by atoms with Gasteiger partial charge in [0.05, 0.1) is 20.8 Å². The largest absolute Gasteiger partial charge is 0.497 e. The summed E-state index contributed by atoms with van der Waals surface area (Å²) in [6, 6.07) is 15.5. The molecule has 0 aliphatic carbocycles. The third-order valence-corrected chi connectivity index (χ3v) is 3.54. The summed E-state index contributed by atoms with van der Waals surface area (Å²) in [6.07, 6.45) is 4.97. The normalized spacial score (nSPS) is 10.4. The van der Waals surface area contributed by atoms with Gasteiger partial charge in [-0.25, -0.2) is 4.79 Å². The number of hydrogen-bond donors (Lipinski definition) is 0. The molecule has 4 nitrogen and oxygen atoms in total. The van der Waals surface area contributed by atoms with Gasteiger partial charge in [0.1, 0.15) is 11.5 Å². The number of carbonyl (C=O) groups is 1. The van der Waals surface area contributed by atoms with Crippen molar-refractivity contribution in [1.82, 2.24) is 0 Å².